The first-order valence-corrected chi connectivity index (χ1v) is 6.67. The molecule has 0 heterocycles. The van der Waals surface area contributed by atoms with E-state index in [0.29, 0.717) is 0 Å². The van der Waals surface area contributed by atoms with Crippen LogP contribution in [0.2, 0.25) is 0 Å². The van der Waals surface area contributed by atoms with E-state index in [0.717, 1.165) is 18.4 Å². The Morgan fingerprint density at radius 3 is 2.17 bits per heavy atom. The minimum absolute atomic E-state index is 0.0162. The van der Waals surface area contributed by atoms with Gasteiger partial charge in [0, 0.05) is 5.41 Å². The molecule has 100 valence electrons. The van der Waals surface area contributed by atoms with Crippen LogP contribution in [0.25, 0.3) is 0 Å². The summed E-state index contributed by atoms with van der Waals surface area (Å²) in [7, 11) is 0. The van der Waals surface area contributed by atoms with E-state index in [1.807, 2.05) is 6.08 Å². The molecule has 0 aromatic carbocycles. The highest BCUT2D eigenvalue weighted by Crippen LogP contribution is 2.37. The van der Waals surface area contributed by atoms with Gasteiger partial charge in [-0.05, 0) is 39.2 Å². The molecule has 0 spiro atoms. The Balaban J connectivity index is 4.94. The minimum Gasteiger partial charge on any atom is -0.103 e. The van der Waals surface area contributed by atoms with Crippen molar-refractivity contribution < 1.29 is 0 Å². The molecule has 0 aromatic rings. The van der Waals surface area contributed by atoms with Crippen LogP contribution in [0.4, 0.5) is 0 Å². The topological polar surface area (TPSA) is 0 Å². The first-order chi connectivity index (χ1) is 8.39. The molecule has 0 rings (SSSR count). The van der Waals surface area contributed by atoms with E-state index in [2.05, 4.69) is 72.1 Å². The van der Waals surface area contributed by atoms with Crippen molar-refractivity contribution in [3.8, 4) is 0 Å². The number of rotatable bonds is 7. The van der Waals surface area contributed by atoms with Crippen molar-refractivity contribution >= 4 is 0 Å². The van der Waals surface area contributed by atoms with E-state index in [-0.39, 0.29) is 5.41 Å². The highest BCUT2D eigenvalue weighted by molar-refractivity contribution is 5.35. The summed E-state index contributed by atoms with van der Waals surface area (Å²) in [5, 5.41) is 0. The normalized spacial score (nSPS) is 14.1. The van der Waals surface area contributed by atoms with Gasteiger partial charge in [-0.3, -0.25) is 0 Å². The van der Waals surface area contributed by atoms with Crippen molar-refractivity contribution in [1.82, 2.24) is 0 Å². The average Bonchev–Trinajstić information content (AvgIpc) is 2.35. The summed E-state index contributed by atoms with van der Waals surface area (Å²) in [6.07, 6.45) is 12.6. The standard InChI is InChI=1S/C18H28/c1-8-11-12-17(10-3)18(6,7)16(5)14-13-15(4)9-2/h8-10,13-14H,1,5,11-12H2,2-4,6-7H3/b14-13-,15-9-,17-10+. The molecular weight excluding hydrogens is 216 g/mol. The second-order valence-electron chi connectivity index (χ2n) is 5.16. The maximum Gasteiger partial charge on any atom is 0.00992 e. The van der Waals surface area contributed by atoms with Gasteiger partial charge in [0.2, 0.25) is 0 Å². The van der Waals surface area contributed by atoms with E-state index in [4.69, 9.17) is 0 Å². The average molecular weight is 244 g/mol. The number of hydrogen-bond acceptors (Lipinski definition) is 0. The zero-order chi connectivity index (χ0) is 14.2. The predicted molar refractivity (Wildman–Crippen MR) is 84.7 cm³/mol. The lowest BCUT2D eigenvalue weighted by molar-refractivity contribution is 0.528. The van der Waals surface area contributed by atoms with E-state index < -0.39 is 0 Å². The minimum atomic E-state index is 0.0162. The monoisotopic (exact) mass is 244 g/mol. The summed E-state index contributed by atoms with van der Waals surface area (Å²) in [5.74, 6) is 0. The lowest BCUT2D eigenvalue weighted by atomic mass is 9.75. The van der Waals surface area contributed by atoms with Crippen molar-refractivity contribution in [1.29, 1.82) is 0 Å². The van der Waals surface area contributed by atoms with Crippen molar-refractivity contribution in [3.05, 3.63) is 60.3 Å². The van der Waals surface area contributed by atoms with E-state index in [1.165, 1.54) is 11.1 Å². The molecule has 0 radical (unpaired) electrons. The van der Waals surface area contributed by atoms with Crippen LogP contribution < -0.4 is 0 Å². The zero-order valence-electron chi connectivity index (χ0n) is 12.7. The summed E-state index contributed by atoms with van der Waals surface area (Å²) in [6, 6.07) is 0. The zero-order valence-corrected chi connectivity index (χ0v) is 12.7. The van der Waals surface area contributed by atoms with E-state index >= 15 is 0 Å². The fraction of sp³-hybridized carbons (Fsp3) is 0.444. The molecule has 0 atom stereocenters. The molecule has 0 aliphatic carbocycles. The third-order valence-electron chi connectivity index (χ3n) is 3.57. The summed E-state index contributed by atoms with van der Waals surface area (Å²) in [5.41, 5.74) is 3.86. The molecule has 0 saturated heterocycles. The second kappa shape index (κ2) is 7.92. The Morgan fingerprint density at radius 2 is 1.72 bits per heavy atom. The lowest BCUT2D eigenvalue weighted by Gasteiger charge is -2.29. The smallest absolute Gasteiger partial charge is 0.00992 e. The molecule has 18 heavy (non-hydrogen) atoms. The Kier molecular flexibility index (Phi) is 7.35. The molecule has 0 aliphatic rings. The molecular formula is C18H28. The molecule has 0 heteroatoms. The molecule has 0 unspecified atom stereocenters. The lowest BCUT2D eigenvalue weighted by Crippen LogP contribution is -2.16. The summed E-state index contributed by atoms with van der Waals surface area (Å²) < 4.78 is 0. The summed E-state index contributed by atoms with van der Waals surface area (Å²) in [4.78, 5) is 0. The molecule has 0 bridgehead atoms. The Morgan fingerprint density at radius 1 is 1.11 bits per heavy atom. The third-order valence-corrected chi connectivity index (χ3v) is 3.57. The van der Waals surface area contributed by atoms with Crippen LogP contribution in [0.5, 0.6) is 0 Å². The predicted octanol–water partition coefficient (Wildman–Crippen LogP) is 6.00. The summed E-state index contributed by atoms with van der Waals surface area (Å²) in [6.45, 7) is 18.8. The van der Waals surface area contributed by atoms with Crippen LogP contribution >= 0.6 is 0 Å². The van der Waals surface area contributed by atoms with Crippen LogP contribution in [-0.2, 0) is 0 Å². The van der Waals surface area contributed by atoms with Gasteiger partial charge in [-0.1, -0.05) is 62.0 Å². The maximum atomic E-state index is 4.23. The van der Waals surface area contributed by atoms with Gasteiger partial charge in [0.05, 0.1) is 0 Å². The first kappa shape index (κ1) is 16.7. The maximum absolute atomic E-state index is 4.23. The fourth-order valence-electron chi connectivity index (χ4n) is 1.82. The van der Waals surface area contributed by atoms with Gasteiger partial charge in [0.1, 0.15) is 0 Å². The highest BCUT2D eigenvalue weighted by Gasteiger charge is 2.23. The largest absolute Gasteiger partial charge is 0.103 e. The molecule has 0 fully saturated rings. The van der Waals surface area contributed by atoms with Crippen LogP contribution in [0, 0.1) is 5.41 Å². The van der Waals surface area contributed by atoms with Gasteiger partial charge in [0.15, 0.2) is 0 Å². The van der Waals surface area contributed by atoms with Crippen LogP contribution in [-0.4, -0.2) is 0 Å². The Labute approximate surface area is 113 Å². The van der Waals surface area contributed by atoms with Gasteiger partial charge >= 0.3 is 0 Å². The SMILES string of the molecule is C=CCC/C(=C\C)C(C)(C)C(=C)/C=C\C(C)=C/C. The molecule has 0 aromatic heterocycles. The van der Waals surface area contributed by atoms with Gasteiger partial charge in [0.25, 0.3) is 0 Å². The molecule has 0 saturated carbocycles. The molecule has 0 N–H and O–H groups in total. The van der Waals surface area contributed by atoms with Crippen LogP contribution in [0.3, 0.4) is 0 Å². The fourth-order valence-corrected chi connectivity index (χ4v) is 1.82. The second-order valence-corrected chi connectivity index (χ2v) is 5.16. The first-order valence-electron chi connectivity index (χ1n) is 6.67. The Hall–Kier alpha value is -1.30. The molecule has 0 aliphatic heterocycles. The van der Waals surface area contributed by atoms with Gasteiger partial charge in [-0.2, -0.15) is 0 Å². The van der Waals surface area contributed by atoms with Gasteiger partial charge in [-0.15, -0.1) is 6.58 Å². The van der Waals surface area contributed by atoms with Crippen LogP contribution in [0.1, 0.15) is 47.5 Å². The van der Waals surface area contributed by atoms with Crippen molar-refractivity contribution in [3.63, 3.8) is 0 Å². The highest BCUT2D eigenvalue weighted by atomic mass is 14.3. The van der Waals surface area contributed by atoms with Gasteiger partial charge < -0.3 is 0 Å². The van der Waals surface area contributed by atoms with Crippen molar-refractivity contribution in [2.45, 2.75) is 47.5 Å². The number of allylic oxidation sites excluding steroid dienone is 8. The van der Waals surface area contributed by atoms with Crippen molar-refractivity contribution in [2.75, 3.05) is 0 Å². The van der Waals surface area contributed by atoms with E-state index in [1.54, 1.807) is 0 Å². The van der Waals surface area contributed by atoms with Crippen LogP contribution in [0.15, 0.2) is 60.3 Å². The molecule has 0 amide bonds. The molecule has 0 nitrogen and oxygen atoms in total. The third kappa shape index (κ3) is 4.91. The number of hydrogen-bond donors (Lipinski definition) is 0. The van der Waals surface area contributed by atoms with Crippen molar-refractivity contribution in [2.24, 2.45) is 5.41 Å². The summed E-state index contributed by atoms with van der Waals surface area (Å²) >= 11 is 0. The Bertz CT molecular complexity index is 373. The quantitative estimate of drug-likeness (QED) is 0.380. The van der Waals surface area contributed by atoms with Gasteiger partial charge in [-0.25, -0.2) is 0 Å². The van der Waals surface area contributed by atoms with E-state index in [9.17, 15) is 0 Å².